The van der Waals surface area contributed by atoms with Crippen LogP contribution in [0, 0.1) is 6.92 Å². The lowest BCUT2D eigenvalue weighted by Gasteiger charge is -2.11. The molecule has 2 aromatic rings. The highest BCUT2D eigenvalue weighted by Crippen LogP contribution is 2.21. The molecule has 0 heterocycles. The summed E-state index contributed by atoms with van der Waals surface area (Å²) in [5.74, 6) is -0.390. The molecule has 0 aliphatic heterocycles. The van der Waals surface area contributed by atoms with Crippen molar-refractivity contribution in [1.29, 1.82) is 0 Å². The molecule has 0 aliphatic carbocycles. The minimum Gasteiger partial charge on any atom is -0.322 e. The van der Waals surface area contributed by atoms with Crippen LogP contribution in [-0.4, -0.2) is 20.9 Å². The third-order valence-corrected chi connectivity index (χ3v) is 5.62. The van der Waals surface area contributed by atoms with Crippen LogP contribution in [0.3, 0.4) is 0 Å². The number of hydrogen-bond donors (Lipinski definition) is 2. The van der Waals surface area contributed by atoms with Crippen molar-refractivity contribution in [2.75, 3.05) is 11.9 Å². The molecule has 0 radical (unpaired) electrons. The molecule has 2 N–H and O–H groups in total. The fourth-order valence-corrected chi connectivity index (χ4v) is 3.68. The van der Waals surface area contributed by atoms with Crippen LogP contribution in [0.4, 0.5) is 5.69 Å². The molecule has 0 unspecified atom stereocenters. The van der Waals surface area contributed by atoms with Gasteiger partial charge in [0.05, 0.1) is 4.90 Å². The largest absolute Gasteiger partial charge is 0.322 e. The fraction of sp³-hybridized carbons (Fsp3) is 0.316. The quantitative estimate of drug-likeness (QED) is 0.653. The molecule has 5 nitrogen and oxygen atoms in total. The van der Waals surface area contributed by atoms with Crippen LogP contribution < -0.4 is 10.0 Å². The van der Waals surface area contributed by atoms with E-state index in [1.807, 2.05) is 6.92 Å². The molecule has 0 atom stereocenters. The molecule has 0 fully saturated rings. The molecule has 140 valence electrons. The Morgan fingerprint density at radius 3 is 2.62 bits per heavy atom. The summed E-state index contributed by atoms with van der Waals surface area (Å²) in [5, 5.41) is 3.28. The first-order valence-electron chi connectivity index (χ1n) is 8.50. The first kappa shape index (κ1) is 20.4. The van der Waals surface area contributed by atoms with E-state index >= 15 is 0 Å². The van der Waals surface area contributed by atoms with Crippen molar-refractivity contribution in [1.82, 2.24) is 4.72 Å². The fourth-order valence-electron chi connectivity index (χ4n) is 2.39. The van der Waals surface area contributed by atoms with E-state index in [-0.39, 0.29) is 10.5 Å². The summed E-state index contributed by atoms with van der Waals surface area (Å²) in [6.45, 7) is 4.29. The van der Waals surface area contributed by atoms with E-state index in [9.17, 15) is 13.2 Å². The van der Waals surface area contributed by atoms with Crippen LogP contribution in [0.2, 0.25) is 5.02 Å². The van der Waals surface area contributed by atoms with Crippen molar-refractivity contribution in [3.05, 3.63) is 58.6 Å². The molecule has 0 saturated carbocycles. The van der Waals surface area contributed by atoms with Crippen molar-refractivity contribution in [3.8, 4) is 0 Å². The van der Waals surface area contributed by atoms with E-state index in [4.69, 9.17) is 11.6 Å². The number of rotatable bonds is 8. The van der Waals surface area contributed by atoms with Gasteiger partial charge in [0, 0.05) is 22.8 Å². The lowest BCUT2D eigenvalue weighted by molar-refractivity contribution is 0.102. The molecule has 0 bridgehead atoms. The Morgan fingerprint density at radius 2 is 1.88 bits per heavy atom. The number of halogens is 1. The topological polar surface area (TPSA) is 75.3 Å². The monoisotopic (exact) mass is 394 g/mol. The molecule has 7 heteroatoms. The third-order valence-electron chi connectivity index (χ3n) is 3.93. The van der Waals surface area contributed by atoms with Gasteiger partial charge in [0.25, 0.3) is 5.91 Å². The van der Waals surface area contributed by atoms with Crippen molar-refractivity contribution >= 4 is 33.2 Å². The van der Waals surface area contributed by atoms with E-state index in [0.717, 1.165) is 24.8 Å². The average Bonchev–Trinajstić information content (AvgIpc) is 2.62. The van der Waals surface area contributed by atoms with Gasteiger partial charge in [-0.25, -0.2) is 13.1 Å². The predicted octanol–water partition coefficient (Wildman–Crippen LogP) is 4.37. The van der Waals surface area contributed by atoms with Gasteiger partial charge < -0.3 is 5.32 Å². The van der Waals surface area contributed by atoms with Gasteiger partial charge in [-0.05, 0) is 49.2 Å². The molecular weight excluding hydrogens is 372 g/mol. The molecule has 2 rings (SSSR count). The van der Waals surface area contributed by atoms with Crippen LogP contribution in [0.25, 0.3) is 0 Å². The maximum Gasteiger partial charge on any atom is 0.255 e. The zero-order valence-corrected chi connectivity index (χ0v) is 16.5. The van der Waals surface area contributed by atoms with Crippen molar-refractivity contribution < 1.29 is 13.2 Å². The van der Waals surface area contributed by atoms with Crippen LogP contribution >= 0.6 is 11.6 Å². The normalized spacial score (nSPS) is 11.3. The number of amides is 1. The first-order chi connectivity index (χ1) is 12.3. The number of unbranched alkanes of at least 4 members (excludes halogenated alkanes) is 2. The van der Waals surface area contributed by atoms with E-state index in [1.165, 1.54) is 12.1 Å². The highest BCUT2D eigenvalue weighted by Gasteiger charge is 2.16. The predicted molar refractivity (Wildman–Crippen MR) is 105 cm³/mol. The number of aryl methyl sites for hydroxylation is 1. The van der Waals surface area contributed by atoms with Crippen LogP contribution in [-0.2, 0) is 10.0 Å². The Hall–Kier alpha value is -1.89. The second kappa shape index (κ2) is 9.16. The lowest BCUT2D eigenvalue weighted by atomic mass is 10.1. The highest BCUT2D eigenvalue weighted by atomic mass is 35.5. The van der Waals surface area contributed by atoms with Crippen LogP contribution in [0.5, 0.6) is 0 Å². The summed E-state index contributed by atoms with van der Waals surface area (Å²) in [6.07, 6.45) is 2.76. The Balaban J connectivity index is 2.15. The van der Waals surface area contributed by atoms with Gasteiger partial charge in [-0.3, -0.25) is 4.79 Å². The van der Waals surface area contributed by atoms with E-state index in [2.05, 4.69) is 17.0 Å². The Kier molecular flexibility index (Phi) is 7.20. The van der Waals surface area contributed by atoms with Gasteiger partial charge in [0.15, 0.2) is 0 Å². The molecule has 0 aliphatic rings. The van der Waals surface area contributed by atoms with Gasteiger partial charge in [0.2, 0.25) is 10.0 Å². The summed E-state index contributed by atoms with van der Waals surface area (Å²) >= 11 is 5.96. The molecule has 0 aromatic heterocycles. The number of carbonyl (C=O) groups excluding carboxylic acids is 1. The second-order valence-electron chi connectivity index (χ2n) is 6.05. The summed E-state index contributed by atoms with van der Waals surface area (Å²) < 4.78 is 27.3. The average molecular weight is 395 g/mol. The summed E-state index contributed by atoms with van der Waals surface area (Å²) in [7, 11) is -3.64. The smallest absolute Gasteiger partial charge is 0.255 e. The zero-order valence-electron chi connectivity index (χ0n) is 14.9. The van der Waals surface area contributed by atoms with Gasteiger partial charge >= 0.3 is 0 Å². The standard InChI is InChI=1S/C19H23ClN2O3S/c1-3-4-5-11-21-26(24,25)17-8-6-7-15(12-17)19(23)22-18-13-16(20)10-9-14(18)2/h6-10,12-13,21H,3-5,11H2,1-2H3,(H,22,23). The molecule has 26 heavy (non-hydrogen) atoms. The number of hydrogen-bond acceptors (Lipinski definition) is 3. The van der Waals surface area contributed by atoms with Crippen molar-refractivity contribution in [2.24, 2.45) is 0 Å². The first-order valence-corrected chi connectivity index (χ1v) is 10.4. The molecular formula is C19H23ClN2O3S. The van der Waals surface area contributed by atoms with E-state index in [1.54, 1.807) is 30.3 Å². The van der Waals surface area contributed by atoms with E-state index < -0.39 is 15.9 Å². The van der Waals surface area contributed by atoms with Crippen LogP contribution in [0.15, 0.2) is 47.4 Å². The Morgan fingerprint density at radius 1 is 1.12 bits per heavy atom. The third kappa shape index (κ3) is 5.56. The van der Waals surface area contributed by atoms with Crippen LogP contribution in [0.1, 0.15) is 42.1 Å². The van der Waals surface area contributed by atoms with Gasteiger partial charge in [-0.15, -0.1) is 0 Å². The van der Waals surface area contributed by atoms with Gasteiger partial charge in [-0.1, -0.05) is 43.5 Å². The van der Waals surface area contributed by atoms with Crippen molar-refractivity contribution in [2.45, 2.75) is 38.0 Å². The van der Waals surface area contributed by atoms with Gasteiger partial charge in [-0.2, -0.15) is 0 Å². The van der Waals surface area contributed by atoms with E-state index in [0.29, 0.717) is 17.3 Å². The number of nitrogens with one attached hydrogen (secondary N) is 2. The highest BCUT2D eigenvalue weighted by molar-refractivity contribution is 7.89. The lowest BCUT2D eigenvalue weighted by Crippen LogP contribution is -2.25. The molecule has 1 amide bonds. The molecule has 2 aromatic carbocycles. The number of sulfonamides is 1. The minimum absolute atomic E-state index is 0.0736. The maximum atomic E-state index is 12.5. The summed E-state index contributed by atoms with van der Waals surface area (Å²) in [4.78, 5) is 12.6. The zero-order chi connectivity index (χ0) is 19.2. The Labute approximate surface area is 159 Å². The van der Waals surface area contributed by atoms with Crippen molar-refractivity contribution in [3.63, 3.8) is 0 Å². The number of carbonyl (C=O) groups is 1. The number of benzene rings is 2. The molecule has 0 spiro atoms. The summed E-state index contributed by atoms with van der Waals surface area (Å²) in [6, 6.07) is 11.2. The molecule has 0 saturated heterocycles. The minimum atomic E-state index is -3.64. The maximum absolute atomic E-state index is 12.5. The number of anilines is 1. The SMILES string of the molecule is CCCCCNS(=O)(=O)c1cccc(C(=O)Nc2cc(Cl)ccc2C)c1. The summed E-state index contributed by atoms with van der Waals surface area (Å²) in [5.41, 5.74) is 1.72. The Bertz CT molecular complexity index is 882. The van der Waals surface area contributed by atoms with Gasteiger partial charge in [0.1, 0.15) is 0 Å². The second-order valence-corrected chi connectivity index (χ2v) is 8.25.